The summed E-state index contributed by atoms with van der Waals surface area (Å²) in [4.78, 5) is 0. The second-order valence-electron chi connectivity index (χ2n) is 4.67. The first-order valence-corrected chi connectivity index (χ1v) is 6.66. The number of hydrogen-bond donors (Lipinski definition) is 1. The quantitative estimate of drug-likeness (QED) is 0.907. The molecule has 0 aliphatic rings. The summed E-state index contributed by atoms with van der Waals surface area (Å²) in [7, 11) is 3.24. The average Bonchev–Trinajstić information content (AvgIpc) is 2.54. The van der Waals surface area contributed by atoms with Crippen molar-refractivity contribution in [3.05, 3.63) is 53.6 Å². The molecule has 0 spiro atoms. The summed E-state index contributed by atoms with van der Waals surface area (Å²) in [6.45, 7) is 2.06. The highest BCUT2D eigenvalue weighted by Crippen LogP contribution is 2.31. The summed E-state index contributed by atoms with van der Waals surface area (Å²) in [5.41, 5.74) is 2.63. The summed E-state index contributed by atoms with van der Waals surface area (Å²) in [6, 6.07) is 15.5. The van der Waals surface area contributed by atoms with Gasteiger partial charge in [0.05, 0.1) is 25.9 Å². The molecule has 21 heavy (non-hydrogen) atoms. The van der Waals surface area contributed by atoms with Crippen LogP contribution in [0.25, 0.3) is 0 Å². The fourth-order valence-corrected chi connectivity index (χ4v) is 2.13. The van der Waals surface area contributed by atoms with Gasteiger partial charge in [-0.3, -0.25) is 0 Å². The normalized spacial score (nSPS) is 11.3. The van der Waals surface area contributed by atoms with E-state index >= 15 is 0 Å². The molecule has 0 amide bonds. The Morgan fingerprint density at radius 1 is 1.05 bits per heavy atom. The Hall–Kier alpha value is -2.67. The molecule has 4 nitrogen and oxygen atoms in total. The van der Waals surface area contributed by atoms with E-state index in [0.717, 1.165) is 11.3 Å². The van der Waals surface area contributed by atoms with Gasteiger partial charge in [-0.1, -0.05) is 12.1 Å². The first-order chi connectivity index (χ1) is 10.2. The topological polar surface area (TPSA) is 54.3 Å². The maximum atomic E-state index is 8.93. The molecule has 2 rings (SSSR count). The minimum atomic E-state index is 0.0822. The van der Waals surface area contributed by atoms with Gasteiger partial charge in [0.25, 0.3) is 0 Å². The van der Waals surface area contributed by atoms with E-state index in [1.165, 1.54) is 0 Å². The van der Waals surface area contributed by atoms with Crippen LogP contribution < -0.4 is 14.8 Å². The van der Waals surface area contributed by atoms with Crippen LogP contribution in [0.15, 0.2) is 42.5 Å². The van der Waals surface area contributed by atoms with Gasteiger partial charge in [-0.2, -0.15) is 5.26 Å². The van der Waals surface area contributed by atoms with Crippen LogP contribution in [-0.2, 0) is 0 Å². The second kappa shape index (κ2) is 6.67. The Kier molecular flexibility index (Phi) is 4.68. The van der Waals surface area contributed by atoms with Crippen molar-refractivity contribution in [1.82, 2.24) is 0 Å². The zero-order chi connectivity index (χ0) is 15.2. The third kappa shape index (κ3) is 3.46. The Labute approximate surface area is 124 Å². The Bertz CT molecular complexity index is 662. The molecule has 4 heteroatoms. The van der Waals surface area contributed by atoms with Gasteiger partial charge < -0.3 is 14.8 Å². The molecule has 1 unspecified atom stereocenters. The van der Waals surface area contributed by atoms with Gasteiger partial charge in [0, 0.05) is 11.7 Å². The molecule has 2 aromatic rings. The smallest absolute Gasteiger partial charge is 0.161 e. The van der Waals surface area contributed by atoms with E-state index in [2.05, 4.69) is 18.3 Å². The molecule has 2 aromatic carbocycles. The lowest BCUT2D eigenvalue weighted by Gasteiger charge is -2.17. The van der Waals surface area contributed by atoms with E-state index in [1.54, 1.807) is 20.3 Å². The third-order valence-corrected chi connectivity index (χ3v) is 3.28. The lowest BCUT2D eigenvalue weighted by molar-refractivity contribution is 0.354. The standard InChI is InChI=1S/C17H18N2O2/c1-12(19-15-6-4-5-13(9-15)11-18)14-7-8-16(20-2)17(10-14)21-3/h4-10,12,19H,1-3H3. The van der Waals surface area contributed by atoms with Crippen LogP contribution in [0.1, 0.15) is 24.1 Å². The van der Waals surface area contributed by atoms with E-state index in [1.807, 2.05) is 36.4 Å². The van der Waals surface area contributed by atoms with E-state index < -0.39 is 0 Å². The van der Waals surface area contributed by atoms with Crippen LogP contribution in [-0.4, -0.2) is 14.2 Å². The van der Waals surface area contributed by atoms with E-state index in [9.17, 15) is 0 Å². The highest BCUT2D eigenvalue weighted by Gasteiger charge is 2.10. The molecule has 1 atom stereocenters. The number of nitrogens with zero attached hydrogens (tertiary/aromatic N) is 1. The van der Waals surface area contributed by atoms with E-state index in [4.69, 9.17) is 14.7 Å². The van der Waals surface area contributed by atoms with Crippen molar-refractivity contribution in [1.29, 1.82) is 5.26 Å². The minimum Gasteiger partial charge on any atom is -0.493 e. The van der Waals surface area contributed by atoms with Crippen molar-refractivity contribution in [2.75, 3.05) is 19.5 Å². The largest absolute Gasteiger partial charge is 0.493 e. The van der Waals surface area contributed by atoms with Gasteiger partial charge in [0.2, 0.25) is 0 Å². The third-order valence-electron chi connectivity index (χ3n) is 3.28. The first kappa shape index (κ1) is 14.7. The van der Waals surface area contributed by atoms with Crippen LogP contribution >= 0.6 is 0 Å². The van der Waals surface area contributed by atoms with Gasteiger partial charge in [0.1, 0.15) is 0 Å². The van der Waals surface area contributed by atoms with Crippen molar-refractivity contribution in [3.8, 4) is 17.6 Å². The number of hydrogen-bond acceptors (Lipinski definition) is 4. The molecule has 0 radical (unpaired) electrons. The summed E-state index contributed by atoms with van der Waals surface area (Å²) in [6.07, 6.45) is 0. The van der Waals surface area contributed by atoms with Crippen LogP contribution in [0, 0.1) is 11.3 Å². The maximum absolute atomic E-state index is 8.93. The molecule has 0 aromatic heterocycles. The number of nitriles is 1. The lowest BCUT2D eigenvalue weighted by Crippen LogP contribution is -2.07. The minimum absolute atomic E-state index is 0.0822. The Morgan fingerprint density at radius 2 is 1.81 bits per heavy atom. The molecule has 1 N–H and O–H groups in total. The van der Waals surface area contributed by atoms with E-state index in [-0.39, 0.29) is 6.04 Å². The van der Waals surface area contributed by atoms with Crippen LogP contribution in [0.2, 0.25) is 0 Å². The van der Waals surface area contributed by atoms with Crippen LogP contribution in [0.4, 0.5) is 5.69 Å². The molecule has 0 fully saturated rings. The molecule has 0 saturated heterocycles. The fourth-order valence-electron chi connectivity index (χ4n) is 2.13. The monoisotopic (exact) mass is 282 g/mol. The zero-order valence-corrected chi connectivity index (χ0v) is 12.4. The van der Waals surface area contributed by atoms with Crippen LogP contribution in [0.3, 0.4) is 0 Å². The molecular weight excluding hydrogens is 264 g/mol. The van der Waals surface area contributed by atoms with E-state index in [0.29, 0.717) is 17.1 Å². The number of rotatable bonds is 5. The highest BCUT2D eigenvalue weighted by molar-refractivity contribution is 5.51. The van der Waals surface area contributed by atoms with Gasteiger partial charge in [-0.25, -0.2) is 0 Å². The Morgan fingerprint density at radius 3 is 2.48 bits per heavy atom. The molecule has 0 aliphatic carbocycles. The molecule has 0 saturated carbocycles. The first-order valence-electron chi connectivity index (χ1n) is 6.66. The predicted octanol–water partition coefficient (Wildman–Crippen LogP) is 3.75. The van der Waals surface area contributed by atoms with Crippen molar-refractivity contribution in [2.24, 2.45) is 0 Å². The van der Waals surface area contributed by atoms with Gasteiger partial charge in [-0.15, -0.1) is 0 Å². The van der Waals surface area contributed by atoms with Crippen molar-refractivity contribution >= 4 is 5.69 Å². The van der Waals surface area contributed by atoms with Crippen LogP contribution in [0.5, 0.6) is 11.5 Å². The molecule has 0 bridgehead atoms. The lowest BCUT2D eigenvalue weighted by atomic mass is 10.1. The SMILES string of the molecule is COc1ccc(C(C)Nc2cccc(C#N)c2)cc1OC. The number of benzene rings is 2. The number of anilines is 1. The average molecular weight is 282 g/mol. The summed E-state index contributed by atoms with van der Waals surface area (Å²) in [5.74, 6) is 1.41. The van der Waals surface area contributed by atoms with Gasteiger partial charge in [-0.05, 0) is 42.8 Å². The number of methoxy groups -OCH3 is 2. The highest BCUT2D eigenvalue weighted by atomic mass is 16.5. The number of ether oxygens (including phenoxy) is 2. The molecular formula is C17H18N2O2. The summed E-state index contributed by atoms with van der Waals surface area (Å²) >= 11 is 0. The second-order valence-corrected chi connectivity index (χ2v) is 4.67. The van der Waals surface area contributed by atoms with Crippen molar-refractivity contribution < 1.29 is 9.47 Å². The summed E-state index contributed by atoms with van der Waals surface area (Å²) in [5, 5.41) is 12.3. The molecule has 0 aliphatic heterocycles. The van der Waals surface area contributed by atoms with Gasteiger partial charge in [0.15, 0.2) is 11.5 Å². The number of nitrogens with one attached hydrogen (secondary N) is 1. The maximum Gasteiger partial charge on any atom is 0.161 e. The Balaban J connectivity index is 2.20. The molecule has 108 valence electrons. The summed E-state index contributed by atoms with van der Waals surface area (Å²) < 4.78 is 10.6. The predicted molar refractivity (Wildman–Crippen MR) is 82.7 cm³/mol. The fraction of sp³-hybridized carbons (Fsp3) is 0.235. The molecule has 0 heterocycles. The van der Waals surface area contributed by atoms with Gasteiger partial charge >= 0.3 is 0 Å². The van der Waals surface area contributed by atoms with Crippen molar-refractivity contribution in [3.63, 3.8) is 0 Å². The zero-order valence-electron chi connectivity index (χ0n) is 12.4. The van der Waals surface area contributed by atoms with Crippen molar-refractivity contribution in [2.45, 2.75) is 13.0 Å².